The molecule has 8 heteroatoms. The lowest BCUT2D eigenvalue weighted by atomic mass is 9.87. The fraction of sp³-hybridized carbons (Fsp3) is 0.452. The third-order valence-electron chi connectivity index (χ3n) is 7.78. The van der Waals surface area contributed by atoms with Gasteiger partial charge in [-0.2, -0.15) is 5.10 Å². The molecule has 39 heavy (non-hydrogen) atoms. The summed E-state index contributed by atoms with van der Waals surface area (Å²) < 4.78 is 7.71. The van der Waals surface area contributed by atoms with Gasteiger partial charge in [-0.3, -0.25) is 14.5 Å². The smallest absolute Gasteiger partial charge is 0.242 e. The van der Waals surface area contributed by atoms with Crippen molar-refractivity contribution in [2.75, 3.05) is 37.4 Å². The minimum Gasteiger partial charge on any atom is -0.496 e. The average molecular weight is 547 g/mol. The maximum absolute atomic E-state index is 13.9. The van der Waals surface area contributed by atoms with Crippen molar-refractivity contribution < 1.29 is 14.3 Å². The van der Waals surface area contributed by atoms with Gasteiger partial charge in [-0.15, -0.1) is 11.8 Å². The molecule has 3 heterocycles. The van der Waals surface area contributed by atoms with Gasteiger partial charge >= 0.3 is 0 Å². The number of aromatic nitrogens is 2. The van der Waals surface area contributed by atoms with E-state index >= 15 is 0 Å². The van der Waals surface area contributed by atoms with Crippen LogP contribution in [-0.2, 0) is 15.0 Å². The maximum Gasteiger partial charge on any atom is 0.242 e. The first kappa shape index (κ1) is 27.3. The first-order valence-electron chi connectivity index (χ1n) is 13.6. The van der Waals surface area contributed by atoms with E-state index in [9.17, 15) is 9.59 Å². The maximum atomic E-state index is 13.9. The van der Waals surface area contributed by atoms with Crippen LogP contribution in [0.5, 0.6) is 5.75 Å². The molecule has 1 aromatic heterocycles. The zero-order valence-electron chi connectivity index (χ0n) is 23.8. The number of thioether (sulfide) groups is 1. The molecule has 206 valence electrons. The quantitative estimate of drug-likeness (QED) is 0.418. The Morgan fingerprint density at radius 3 is 2.49 bits per heavy atom. The van der Waals surface area contributed by atoms with Crippen LogP contribution >= 0.6 is 11.8 Å². The van der Waals surface area contributed by atoms with E-state index in [0.717, 1.165) is 65.3 Å². The fourth-order valence-electron chi connectivity index (χ4n) is 5.54. The Bertz CT molecular complexity index is 1400. The normalized spacial score (nSPS) is 17.8. The molecule has 1 unspecified atom stereocenters. The van der Waals surface area contributed by atoms with Gasteiger partial charge in [0.25, 0.3) is 0 Å². The van der Waals surface area contributed by atoms with E-state index in [0.29, 0.717) is 5.82 Å². The van der Waals surface area contributed by atoms with Crippen LogP contribution in [0.1, 0.15) is 66.8 Å². The molecule has 1 saturated heterocycles. The van der Waals surface area contributed by atoms with Crippen LogP contribution in [0.4, 0.5) is 5.82 Å². The Morgan fingerprint density at radius 2 is 1.79 bits per heavy atom. The third kappa shape index (κ3) is 5.07. The molecule has 2 aromatic carbocycles. The van der Waals surface area contributed by atoms with E-state index in [2.05, 4.69) is 46.8 Å². The minimum atomic E-state index is -0.314. The second kappa shape index (κ2) is 10.7. The predicted molar refractivity (Wildman–Crippen MR) is 157 cm³/mol. The molecule has 0 aliphatic carbocycles. The summed E-state index contributed by atoms with van der Waals surface area (Å²) >= 11 is 1.58. The lowest BCUT2D eigenvalue weighted by Gasteiger charge is -2.26. The van der Waals surface area contributed by atoms with Crippen LogP contribution in [0.3, 0.4) is 0 Å². The van der Waals surface area contributed by atoms with Crippen molar-refractivity contribution in [2.45, 2.75) is 58.1 Å². The molecular formula is C31H38N4O3S. The molecule has 5 rings (SSSR count). The van der Waals surface area contributed by atoms with Crippen molar-refractivity contribution in [3.05, 3.63) is 70.4 Å². The summed E-state index contributed by atoms with van der Waals surface area (Å²) in [6, 6.07) is 14.1. The second-order valence-electron chi connectivity index (χ2n) is 11.5. The number of carbonyl (C=O) groups excluding carboxylic acids is 2. The Labute approximate surface area is 235 Å². The van der Waals surface area contributed by atoms with Crippen molar-refractivity contribution in [1.29, 1.82) is 0 Å². The number of ether oxygens (including phenoxy) is 1. The number of fused-ring (bicyclic) bond motifs is 1. The zero-order chi connectivity index (χ0) is 27.9. The zero-order valence-corrected chi connectivity index (χ0v) is 24.6. The Hall–Kier alpha value is -3.26. The summed E-state index contributed by atoms with van der Waals surface area (Å²) in [6.45, 7) is 12.1. The van der Waals surface area contributed by atoms with Gasteiger partial charge < -0.3 is 9.64 Å². The number of aryl methyl sites for hydroxylation is 1. The molecule has 0 N–H and O–H groups in total. The number of para-hydroxylation sites is 1. The van der Waals surface area contributed by atoms with Gasteiger partial charge in [0.05, 0.1) is 29.5 Å². The number of benzene rings is 2. The molecule has 1 fully saturated rings. The molecule has 1 atom stereocenters. The number of anilines is 1. The van der Waals surface area contributed by atoms with Gasteiger partial charge in [-0.05, 0) is 49.9 Å². The van der Waals surface area contributed by atoms with Crippen molar-refractivity contribution in [2.24, 2.45) is 0 Å². The van der Waals surface area contributed by atoms with Gasteiger partial charge in [0, 0.05) is 29.6 Å². The Balaban J connectivity index is 1.80. The number of carbonyl (C=O) groups is 2. The van der Waals surface area contributed by atoms with Crippen molar-refractivity contribution >= 4 is 29.4 Å². The average Bonchev–Trinajstić information content (AvgIpc) is 3.56. The van der Waals surface area contributed by atoms with Crippen LogP contribution < -0.4 is 9.64 Å². The molecule has 0 saturated carbocycles. The molecule has 2 aliphatic rings. The standard InChI is InChI=1S/C31H38N4O3S/c1-20-12-11-14-23(21(20)2)35-30-27(29(32-35)31(3,4)5)28(22-13-7-8-15-24(22)38-6)39-19-26(37)34(30)18-25(36)33-16-9-10-17-33/h7-8,11-15,28H,9-10,16-19H2,1-6H3. The van der Waals surface area contributed by atoms with E-state index in [4.69, 9.17) is 9.84 Å². The van der Waals surface area contributed by atoms with Gasteiger partial charge in [0.1, 0.15) is 18.1 Å². The number of hydrogen-bond acceptors (Lipinski definition) is 5. The number of methoxy groups -OCH3 is 1. The number of nitrogens with zero attached hydrogens (tertiary/aromatic N) is 4. The Kier molecular flexibility index (Phi) is 7.51. The first-order valence-corrected chi connectivity index (χ1v) is 14.7. The largest absolute Gasteiger partial charge is 0.496 e. The predicted octanol–water partition coefficient (Wildman–Crippen LogP) is 5.59. The summed E-state index contributed by atoms with van der Waals surface area (Å²) in [5, 5.41) is 5.05. The number of amides is 2. The van der Waals surface area contributed by atoms with Crippen molar-refractivity contribution in [1.82, 2.24) is 14.7 Å². The SMILES string of the molecule is COc1ccccc1C1SCC(=O)N(CC(=O)N2CCCC2)c2c1c(C(C)(C)C)nn2-c1cccc(C)c1C. The van der Waals surface area contributed by atoms with E-state index in [1.165, 1.54) is 0 Å². The molecule has 0 radical (unpaired) electrons. The lowest BCUT2D eigenvalue weighted by Crippen LogP contribution is -2.43. The highest BCUT2D eigenvalue weighted by Crippen LogP contribution is 2.50. The van der Waals surface area contributed by atoms with Crippen LogP contribution in [0, 0.1) is 13.8 Å². The topological polar surface area (TPSA) is 67.7 Å². The van der Waals surface area contributed by atoms with Crippen LogP contribution in [-0.4, -0.2) is 59.0 Å². The summed E-state index contributed by atoms with van der Waals surface area (Å²) in [4.78, 5) is 31.0. The number of rotatable bonds is 5. The molecule has 2 amide bonds. The number of hydrogen-bond donors (Lipinski definition) is 0. The van der Waals surface area contributed by atoms with E-state index in [1.54, 1.807) is 23.8 Å². The minimum absolute atomic E-state index is 0.00514. The highest BCUT2D eigenvalue weighted by molar-refractivity contribution is 8.00. The summed E-state index contributed by atoms with van der Waals surface area (Å²) in [5.41, 5.74) is 5.72. The molecular weight excluding hydrogens is 508 g/mol. The van der Waals surface area contributed by atoms with E-state index in [-0.39, 0.29) is 34.8 Å². The molecule has 0 spiro atoms. The van der Waals surface area contributed by atoms with Gasteiger partial charge in [0.2, 0.25) is 11.8 Å². The van der Waals surface area contributed by atoms with Crippen LogP contribution in [0.25, 0.3) is 5.69 Å². The molecule has 7 nitrogen and oxygen atoms in total. The highest BCUT2D eigenvalue weighted by atomic mass is 32.2. The van der Waals surface area contributed by atoms with Crippen molar-refractivity contribution in [3.8, 4) is 11.4 Å². The summed E-state index contributed by atoms with van der Waals surface area (Å²) in [5.74, 6) is 1.61. The van der Waals surface area contributed by atoms with Crippen LogP contribution in [0.15, 0.2) is 42.5 Å². The monoisotopic (exact) mass is 546 g/mol. The van der Waals surface area contributed by atoms with E-state index < -0.39 is 0 Å². The molecule has 3 aromatic rings. The van der Waals surface area contributed by atoms with Crippen molar-refractivity contribution in [3.63, 3.8) is 0 Å². The fourth-order valence-corrected chi connectivity index (χ4v) is 6.76. The first-order chi connectivity index (χ1) is 18.6. The lowest BCUT2D eigenvalue weighted by molar-refractivity contribution is -0.130. The van der Waals surface area contributed by atoms with Gasteiger partial charge in [-0.1, -0.05) is 51.1 Å². The van der Waals surface area contributed by atoms with Gasteiger partial charge in [0.15, 0.2) is 0 Å². The van der Waals surface area contributed by atoms with E-state index in [1.807, 2.05) is 39.9 Å². The van der Waals surface area contributed by atoms with Gasteiger partial charge in [-0.25, -0.2) is 4.68 Å². The molecule has 2 aliphatic heterocycles. The Morgan fingerprint density at radius 1 is 1.08 bits per heavy atom. The third-order valence-corrected chi connectivity index (χ3v) is 9.01. The molecule has 0 bridgehead atoms. The summed E-state index contributed by atoms with van der Waals surface area (Å²) in [6.07, 6.45) is 2.01. The second-order valence-corrected chi connectivity index (χ2v) is 12.6. The summed E-state index contributed by atoms with van der Waals surface area (Å²) in [7, 11) is 1.68. The number of likely N-dealkylation sites (tertiary alicyclic amines) is 1. The van der Waals surface area contributed by atoms with Crippen LogP contribution in [0.2, 0.25) is 0 Å². The highest BCUT2D eigenvalue weighted by Gasteiger charge is 2.41.